The quantitative estimate of drug-likeness (QED) is 0.815. The van der Waals surface area contributed by atoms with E-state index in [-0.39, 0.29) is 11.5 Å². The molecule has 0 saturated carbocycles. The topological polar surface area (TPSA) is 43.7 Å². The van der Waals surface area contributed by atoms with Crippen molar-refractivity contribution in [2.45, 2.75) is 6.54 Å². The Balaban J connectivity index is 2.53. The number of hydrogen-bond donors (Lipinski definition) is 2. The fourth-order valence-electron chi connectivity index (χ4n) is 2.01. The fourth-order valence-corrected chi connectivity index (χ4v) is 2.01. The zero-order valence-electron chi connectivity index (χ0n) is 10.6. The molecule has 0 amide bonds. The molecule has 0 unspecified atom stereocenters. The first kappa shape index (κ1) is 12.5. The number of para-hydroxylation sites is 1. The minimum atomic E-state index is -0.0906. The molecule has 2 N–H and O–H groups in total. The second-order valence-electron chi connectivity index (χ2n) is 4.57. The van der Waals surface area contributed by atoms with Gasteiger partial charge in [0.15, 0.2) is 11.5 Å². The minimum Gasteiger partial charge on any atom is -0.504 e. The molecule has 2 aromatic carbocycles. The van der Waals surface area contributed by atoms with Gasteiger partial charge in [0.25, 0.3) is 0 Å². The molecule has 0 atom stereocenters. The van der Waals surface area contributed by atoms with Crippen LogP contribution in [-0.2, 0) is 6.54 Å². The molecular formula is C15H17NO2. The Morgan fingerprint density at radius 2 is 1.56 bits per heavy atom. The van der Waals surface area contributed by atoms with Crippen LogP contribution in [0.1, 0.15) is 5.56 Å². The van der Waals surface area contributed by atoms with Gasteiger partial charge in [0.2, 0.25) is 0 Å². The first-order chi connectivity index (χ1) is 8.59. The van der Waals surface area contributed by atoms with Gasteiger partial charge in [0, 0.05) is 12.1 Å². The lowest BCUT2D eigenvalue weighted by atomic mass is 9.98. The van der Waals surface area contributed by atoms with E-state index >= 15 is 0 Å². The van der Waals surface area contributed by atoms with Crippen LogP contribution >= 0.6 is 0 Å². The second-order valence-corrected chi connectivity index (χ2v) is 4.57. The lowest BCUT2D eigenvalue weighted by molar-refractivity contribution is 0.401. The lowest BCUT2D eigenvalue weighted by Crippen LogP contribution is -2.11. The summed E-state index contributed by atoms with van der Waals surface area (Å²) in [4.78, 5) is 2.07. The number of phenols is 2. The third-order valence-electron chi connectivity index (χ3n) is 2.81. The molecule has 0 spiro atoms. The van der Waals surface area contributed by atoms with E-state index in [4.69, 9.17) is 0 Å². The molecule has 3 heteroatoms. The Morgan fingerprint density at radius 3 is 2.28 bits per heavy atom. The van der Waals surface area contributed by atoms with Gasteiger partial charge in [-0.3, -0.25) is 0 Å². The Kier molecular flexibility index (Phi) is 3.53. The molecule has 0 aliphatic carbocycles. The summed E-state index contributed by atoms with van der Waals surface area (Å²) in [6, 6.07) is 12.9. The van der Waals surface area contributed by atoms with Crippen LogP contribution in [0.4, 0.5) is 0 Å². The SMILES string of the molecule is CN(C)Cc1ccccc1-c1cccc(O)c1O. The van der Waals surface area contributed by atoms with Gasteiger partial charge < -0.3 is 15.1 Å². The van der Waals surface area contributed by atoms with Gasteiger partial charge in [0.1, 0.15) is 0 Å². The monoisotopic (exact) mass is 243 g/mol. The molecule has 0 bridgehead atoms. The van der Waals surface area contributed by atoms with Crippen LogP contribution in [0, 0.1) is 0 Å². The van der Waals surface area contributed by atoms with Crippen molar-refractivity contribution in [3.63, 3.8) is 0 Å². The van der Waals surface area contributed by atoms with Crippen LogP contribution in [0.5, 0.6) is 11.5 Å². The van der Waals surface area contributed by atoms with Gasteiger partial charge in [-0.2, -0.15) is 0 Å². The molecule has 18 heavy (non-hydrogen) atoms. The summed E-state index contributed by atoms with van der Waals surface area (Å²) in [6.07, 6.45) is 0. The van der Waals surface area contributed by atoms with Gasteiger partial charge in [0.05, 0.1) is 0 Å². The van der Waals surface area contributed by atoms with E-state index in [1.54, 1.807) is 6.07 Å². The summed E-state index contributed by atoms with van der Waals surface area (Å²) >= 11 is 0. The van der Waals surface area contributed by atoms with Gasteiger partial charge in [-0.1, -0.05) is 36.4 Å². The molecule has 2 aromatic rings. The van der Waals surface area contributed by atoms with Crippen LogP contribution in [-0.4, -0.2) is 29.2 Å². The third-order valence-corrected chi connectivity index (χ3v) is 2.81. The first-order valence-corrected chi connectivity index (χ1v) is 5.83. The highest BCUT2D eigenvalue weighted by atomic mass is 16.3. The van der Waals surface area contributed by atoms with Crippen molar-refractivity contribution in [3.8, 4) is 22.6 Å². The van der Waals surface area contributed by atoms with E-state index < -0.39 is 0 Å². The highest BCUT2D eigenvalue weighted by Gasteiger charge is 2.11. The molecule has 0 heterocycles. The van der Waals surface area contributed by atoms with Crippen molar-refractivity contribution in [1.29, 1.82) is 0 Å². The van der Waals surface area contributed by atoms with Crippen molar-refractivity contribution < 1.29 is 10.2 Å². The standard InChI is InChI=1S/C15H17NO2/c1-16(2)10-11-6-3-4-7-12(11)13-8-5-9-14(17)15(13)18/h3-9,17-18H,10H2,1-2H3. The molecule has 0 saturated heterocycles. The van der Waals surface area contributed by atoms with Crippen molar-refractivity contribution in [2.75, 3.05) is 14.1 Å². The van der Waals surface area contributed by atoms with Crippen molar-refractivity contribution in [1.82, 2.24) is 4.90 Å². The highest BCUT2D eigenvalue weighted by molar-refractivity contribution is 5.75. The number of nitrogens with zero attached hydrogens (tertiary/aromatic N) is 1. The van der Waals surface area contributed by atoms with E-state index in [2.05, 4.69) is 4.90 Å². The van der Waals surface area contributed by atoms with Crippen molar-refractivity contribution >= 4 is 0 Å². The molecule has 94 valence electrons. The first-order valence-electron chi connectivity index (χ1n) is 5.83. The molecular weight excluding hydrogens is 226 g/mol. The molecule has 0 aromatic heterocycles. The average Bonchev–Trinajstić information content (AvgIpc) is 2.33. The van der Waals surface area contributed by atoms with Gasteiger partial charge in [-0.15, -0.1) is 0 Å². The Hall–Kier alpha value is -2.00. The van der Waals surface area contributed by atoms with Gasteiger partial charge >= 0.3 is 0 Å². The van der Waals surface area contributed by atoms with E-state index in [9.17, 15) is 10.2 Å². The Morgan fingerprint density at radius 1 is 0.889 bits per heavy atom. The molecule has 3 nitrogen and oxygen atoms in total. The van der Waals surface area contributed by atoms with E-state index in [0.717, 1.165) is 17.7 Å². The van der Waals surface area contributed by atoms with E-state index in [1.807, 2.05) is 44.4 Å². The average molecular weight is 243 g/mol. The summed E-state index contributed by atoms with van der Waals surface area (Å²) in [5, 5.41) is 19.5. The summed E-state index contributed by atoms with van der Waals surface area (Å²) in [5.41, 5.74) is 2.72. The Bertz CT molecular complexity index is 550. The fraction of sp³-hybridized carbons (Fsp3) is 0.200. The zero-order valence-corrected chi connectivity index (χ0v) is 10.6. The number of phenolic OH excluding ortho intramolecular Hbond substituents is 2. The van der Waals surface area contributed by atoms with Gasteiger partial charge in [-0.25, -0.2) is 0 Å². The molecule has 0 aliphatic heterocycles. The molecule has 2 rings (SSSR count). The van der Waals surface area contributed by atoms with Crippen molar-refractivity contribution in [3.05, 3.63) is 48.0 Å². The lowest BCUT2D eigenvalue weighted by Gasteiger charge is -2.15. The largest absolute Gasteiger partial charge is 0.504 e. The summed E-state index contributed by atoms with van der Waals surface area (Å²) in [7, 11) is 4.00. The normalized spacial score (nSPS) is 10.8. The number of hydrogen-bond acceptors (Lipinski definition) is 3. The Labute approximate surface area is 107 Å². The number of aromatic hydroxyl groups is 2. The van der Waals surface area contributed by atoms with Gasteiger partial charge in [-0.05, 0) is 31.3 Å². The summed E-state index contributed by atoms with van der Waals surface area (Å²) in [6.45, 7) is 0.783. The predicted octanol–water partition coefficient (Wildman–Crippen LogP) is 2.83. The smallest absolute Gasteiger partial charge is 0.165 e. The van der Waals surface area contributed by atoms with Crippen LogP contribution in [0.25, 0.3) is 11.1 Å². The van der Waals surface area contributed by atoms with E-state index in [0.29, 0.717) is 5.56 Å². The van der Waals surface area contributed by atoms with Crippen LogP contribution in [0.2, 0.25) is 0 Å². The zero-order chi connectivity index (χ0) is 13.1. The van der Waals surface area contributed by atoms with E-state index in [1.165, 1.54) is 6.07 Å². The molecule has 0 fully saturated rings. The molecule has 0 radical (unpaired) electrons. The number of benzene rings is 2. The summed E-state index contributed by atoms with van der Waals surface area (Å²) in [5.74, 6) is -0.157. The van der Waals surface area contributed by atoms with Crippen LogP contribution < -0.4 is 0 Å². The minimum absolute atomic E-state index is 0.0660. The van der Waals surface area contributed by atoms with Crippen molar-refractivity contribution in [2.24, 2.45) is 0 Å². The highest BCUT2D eigenvalue weighted by Crippen LogP contribution is 2.37. The maximum absolute atomic E-state index is 9.95. The van der Waals surface area contributed by atoms with Crippen LogP contribution in [0.3, 0.4) is 0 Å². The maximum atomic E-state index is 9.95. The van der Waals surface area contributed by atoms with Crippen LogP contribution in [0.15, 0.2) is 42.5 Å². The number of rotatable bonds is 3. The second kappa shape index (κ2) is 5.10. The summed E-state index contributed by atoms with van der Waals surface area (Å²) < 4.78 is 0. The molecule has 0 aliphatic rings. The third kappa shape index (κ3) is 2.46. The maximum Gasteiger partial charge on any atom is 0.165 e. The predicted molar refractivity (Wildman–Crippen MR) is 72.6 cm³/mol.